The summed E-state index contributed by atoms with van der Waals surface area (Å²) in [5.41, 5.74) is 1.70. The molecular formula is C15H13ClN4O. The topological polar surface area (TPSA) is 60.8 Å². The average Bonchev–Trinajstić information content (AvgIpc) is 2.52. The largest absolute Gasteiger partial charge is 0.463 e. The molecule has 6 heteroatoms. The predicted molar refractivity (Wildman–Crippen MR) is 81.4 cm³/mol. The van der Waals surface area contributed by atoms with Crippen LogP contribution in [-0.2, 0) is 0 Å². The maximum atomic E-state index is 5.93. The molecule has 0 amide bonds. The van der Waals surface area contributed by atoms with Gasteiger partial charge in [-0.3, -0.25) is 4.98 Å². The van der Waals surface area contributed by atoms with Gasteiger partial charge in [0.25, 0.3) is 0 Å². The van der Waals surface area contributed by atoms with Gasteiger partial charge < -0.3 is 4.74 Å². The summed E-state index contributed by atoms with van der Waals surface area (Å²) in [5, 5.41) is 1.13. The second-order valence-corrected chi connectivity index (χ2v) is 4.81. The lowest BCUT2D eigenvalue weighted by Gasteiger charge is -2.06. The van der Waals surface area contributed by atoms with E-state index in [-0.39, 0.29) is 11.3 Å². The molecule has 0 saturated heterocycles. The summed E-state index contributed by atoms with van der Waals surface area (Å²) in [7, 11) is 0. The minimum atomic E-state index is 0.110. The van der Waals surface area contributed by atoms with Gasteiger partial charge in [-0.05, 0) is 30.2 Å². The van der Waals surface area contributed by atoms with Crippen LogP contribution in [0, 0.1) is 0 Å². The highest BCUT2D eigenvalue weighted by atomic mass is 35.5. The molecule has 0 aliphatic heterocycles. The number of halogens is 1. The summed E-state index contributed by atoms with van der Waals surface area (Å²) in [6, 6.07) is 10.1. The highest BCUT2D eigenvalue weighted by Gasteiger charge is 2.09. The maximum Gasteiger partial charge on any atom is 0.321 e. The van der Waals surface area contributed by atoms with E-state index in [1.54, 1.807) is 6.20 Å². The minimum absolute atomic E-state index is 0.110. The number of hydrogen-bond acceptors (Lipinski definition) is 5. The van der Waals surface area contributed by atoms with E-state index in [1.807, 2.05) is 37.3 Å². The number of fused-ring (bicyclic) bond motifs is 1. The molecule has 0 radical (unpaired) electrons. The van der Waals surface area contributed by atoms with Crippen LogP contribution < -0.4 is 4.74 Å². The number of aromatic nitrogens is 4. The first-order valence-electron chi connectivity index (χ1n) is 6.66. The van der Waals surface area contributed by atoms with E-state index >= 15 is 0 Å². The van der Waals surface area contributed by atoms with Crippen LogP contribution in [0.25, 0.3) is 22.3 Å². The first kappa shape index (κ1) is 13.7. The summed E-state index contributed by atoms with van der Waals surface area (Å²) in [6.07, 6.45) is 2.59. The third-order valence-electron chi connectivity index (χ3n) is 2.87. The van der Waals surface area contributed by atoms with Gasteiger partial charge >= 0.3 is 6.01 Å². The zero-order valence-corrected chi connectivity index (χ0v) is 12.2. The van der Waals surface area contributed by atoms with Crippen LogP contribution in [0.5, 0.6) is 6.01 Å². The Balaban J connectivity index is 2.02. The summed E-state index contributed by atoms with van der Waals surface area (Å²) in [4.78, 5) is 16.8. The number of nitrogens with zero attached hydrogens (tertiary/aromatic N) is 4. The lowest BCUT2D eigenvalue weighted by atomic mass is 10.1. The molecule has 0 aliphatic rings. The average molecular weight is 301 g/mol. The van der Waals surface area contributed by atoms with Crippen LogP contribution in [-0.4, -0.2) is 26.5 Å². The summed E-state index contributed by atoms with van der Waals surface area (Å²) < 4.78 is 5.42. The van der Waals surface area contributed by atoms with E-state index in [1.165, 1.54) is 0 Å². The van der Waals surface area contributed by atoms with Gasteiger partial charge in [0.05, 0.1) is 12.1 Å². The van der Waals surface area contributed by atoms with Crippen molar-refractivity contribution in [3.05, 3.63) is 41.8 Å². The number of benzene rings is 1. The van der Waals surface area contributed by atoms with E-state index in [2.05, 4.69) is 19.9 Å². The smallest absolute Gasteiger partial charge is 0.321 e. The van der Waals surface area contributed by atoms with E-state index in [9.17, 15) is 0 Å². The fraction of sp³-hybridized carbons (Fsp3) is 0.200. The van der Waals surface area contributed by atoms with E-state index in [0.29, 0.717) is 12.4 Å². The molecule has 0 bridgehead atoms. The van der Waals surface area contributed by atoms with Gasteiger partial charge in [-0.2, -0.15) is 15.0 Å². The highest BCUT2D eigenvalue weighted by Crippen LogP contribution is 2.22. The first-order valence-corrected chi connectivity index (χ1v) is 7.03. The SMILES string of the molecule is CCCOc1nc(Cl)nc(-c2cnc3ccccc3c2)n1. The number of rotatable bonds is 4. The Hall–Kier alpha value is -2.27. The standard InChI is InChI=1S/C15H13ClN4O/c1-2-7-21-15-19-13(18-14(16)20-15)11-8-10-5-3-4-6-12(10)17-9-11/h3-6,8-9H,2,7H2,1H3. The lowest BCUT2D eigenvalue weighted by Crippen LogP contribution is -2.03. The molecule has 0 fully saturated rings. The quantitative estimate of drug-likeness (QED) is 0.737. The molecule has 3 aromatic rings. The second kappa shape index (κ2) is 6.01. The van der Waals surface area contributed by atoms with Crippen molar-refractivity contribution in [3.8, 4) is 17.4 Å². The van der Waals surface area contributed by atoms with Gasteiger partial charge in [0.1, 0.15) is 0 Å². The molecular weight excluding hydrogens is 288 g/mol. The van der Waals surface area contributed by atoms with Crippen LogP contribution >= 0.6 is 11.6 Å². The number of pyridine rings is 1. The third kappa shape index (κ3) is 3.08. The number of para-hydroxylation sites is 1. The van der Waals surface area contributed by atoms with Crippen molar-refractivity contribution >= 4 is 22.5 Å². The van der Waals surface area contributed by atoms with Crippen molar-refractivity contribution in [1.29, 1.82) is 0 Å². The number of ether oxygens (including phenoxy) is 1. The molecule has 106 valence electrons. The van der Waals surface area contributed by atoms with Gasteiger partial charge in [0, 0.05) is 17.1 Å². The lowest BCUT2D eigenvalue weighted by molar-refractivity contribution is 0.291. The normalized spacial score (nSPS) is 10.8. The third-order valence-corrected chi connectivity index (χ3v) is 3.04. The number of hydrogen-bond donors (Lipinski definition) is 0. The molecule has 2 heterocycles. The highest BCUT2D eigenvalue weighted by molar-refractivity contribution is 6.28. The van der Waals surface area contributed by atoms with Crippen molar-refractivity contribution in [2.45, 2.75) is 13.3 Å². The van der Waals surface area contributed by atoms with Crippen LogP contribution in [0.4, 0.5) is 0 Å². The summed E-state index contributed by atoms with van der Waals surface area (Å²) in [6.45, 7) is 2.55. The zero-order chi connectivity index (χ0) is 14.7. The molecule has 21 heavy (non-hydrogen) atoms. The molecule has 2 aromatic heterocycles. The van der Waals surface area contributed by atoms with Crippen LogP contribution in [0.2, 0.25) is 5.28 Å². The van der Waals surface area contributed by atoms with E-state index in [0.717, 1.165) is 22.9 Å². The van der Waals surface area contributed by atoms with Crippen molar-refractivity contribution < 1.29 is 4.74 Å². The minimum Gasteiger partial charge on any atom is -0.463 e. The van der Waals surface area contributed by atoms with Gasteiger partial charge in [0.2, 0.25) is 5.28 Å². The van der Waals surface area contributed by atoms with Gasteiger partial charge in [-0.1, -0.05) is 25.1 Å². The van der Waals surface area contributed by atoms with Gasteiger partial charge in [-0.25, -0.2) is 0 Å². The Morgan fingerprint density at radius 3 is 2.86 bits per heavy atom. The molecule has 0 N–H and O–H groups in total. The first-order chi connectivity index (χ1) is 10.3. The van der Waals surface area contributed by atoms with Crippen molar-refractivity contribution in [1.82, 2.24) is 19.9 Å². The van der Waals surface area contributed by atoms with Crippen LogP contribution in [0.15, 0.2) is 36.5 Å². The summed E-state index contributed by atoms with van der Waals surface area (Å²) in [5.74, 6) is 0.458. The van der Waals surface area contributed by atoms with Gasteiger partial charge in [0.15, 0.2) is 5.82 Å². The molecule has 0 unspecified atom stereocenters. The maximum absolute atomic E-state index is 5.93. The van der Waals surface area contributed by atoms with Gasteiger partial charge in [-0.15, -0.1) is 0 Å². The summed E-state index contributed by atoms with van der Waals surface area (Å²) >= 11 is 5.93. The Morgan fingerprint density at radius 2 is 2.00 bits per heavy atom. The molecule has 5 nitrogen and oxygen atoms in total. The molecule has 0 saturated carbocycles. The molecule has 3 rings (SSSR count). The van der Waals surface area contributed by atoms with Crippen LogP contribution in [0.3, 0.4) is 0 Å². The molecule has 0 spiro atoms. The Morgan fingerprint density at radius 1 is 1.14 bits per heavy atom. The predicted octanol–water partition coefficient (Wildman–Crippen LogP) is 3.53. The zero-order valence-electron chi connectivity index (χ0n) is 11.5. The molecule has 0 aliphatic carbocycles. The fourth-order valence-corrected chi connectivity index (χ4v) is 2.06. The molecule has 0 atom stereocenters. The van der Waals surface area contributed by atoms with Crippen molar-refractivity contribution in [3.63, 3.8) is 0 Å². The Kier molecular flexibility index (Phi) is 3.92. The monoisotopic (exact) mass is 300 g/mol. The van der Waals surface area contributed by atoms with Crippen molar-refractivity contribution in [2.75, 3.05) is 6.61 Å². The van der Waals surface area contributed by atoms with E-state index < -0.39 is 0 Å². The Bertz CT molecular complexity index is 778. The van der Waals surface area contributed by atoms with Crippen molar-refractivity contribution in [2.24, 2.45) is 0 Å². The second-order valence-electron chi connectivity index (χ2n) is 4.48. The van der Waals surface area contributed by atoms with E-state index in [4.69, 9.17) is 16.3 Å². The fourth-order valence-electron chi connectivity index (χ4n) is 1.91. The Labute approximate surface area is 127 Å². The van der Waals surface area contributed by atoms with Crippen LogP contribution in [0.1, 0.15) is 13.3 Å². The molecule has 1 aromatic carbocycles.